The lowest BCUT2D eigenvalue weighted by Gasteiger charge is -2.41. The third-order valence-corrected chi connectivity index (χ3v) is 7.65. The molecule has 3 N–H and O–H groups in total. The first-order valence-electron chi connectivity index (χ1n) is 13.7. The van der Waals surface area contributed by atoms with E-state index in [4.69, 9.17) is 15.6 Å². The third kappa shape index (κ3) is 5.91. The smallest absolute Gasteiger partial charge is 0.407 e. The van der Waals surface area contributed by atoms with Gasteiger partial charge in [0.15, 0.2) is 5.65 Å². The van der Waals surface area contributed by atoms with Gasteiger partial charge in [0.05, 0.1) is 11.4 Å². The average Bonchev–Trinajstić information content (AvgIpc) is 3.28. The first-order valence-corrected chi connectivity index (χ1v) is 13.7. The molecular formula is C28H40N8O2. The second kappa shape index (κ2) is 10.9. The molecule has 1 saturated heterocycles. The van der Waals surface area contributed by atoms with Crippen molar-refractivity contribution in [2.75, 3.05) is 39.0 Å². The van der Waals surface area contributed by atoms with Crippen molar-refractivity contribution >= 4 is 22.9 Å². The maximum atomic E-state index is 12.0. The first kappa shape index (κ1) is 26.4. The SMILES string of the molecule is CN1CCN([C@H]2CC[C@H](n3nc(-c4ccc(CNC(=O)OC(C)(C)C)cc4)c4c(N)ncnc43)CC2)CC1. The van der Waals surface area contributed by atoms with Crippen molar-refractivity contribution in [1.29, 1.82) is 0 Å². The highest BCUT2D eigenvalue weighted by molar-refractivity contribution is 5.98. The molecule has 2 fully saturated rings. The van der Waals surface area contributed by atoms with Crippen LogP contribution in [0.15, 0.2) is 30.6 Å². The number of carbonyl (C=O) groups excluding carboxylic acids is 1. The van der Waals surface area contributed by atoms with Crippen LogP contribution in [0, 0.1) is 0 Å². The number of rotatable bonds is 5. The van der Waals surface area contributed by atoms with Crippen LogP contribution >= 0.6 is 0 Å². The fourth-order valence-electron chi connectivity index (χ4n) is 5.58. The molecule has 0 atom stereocenters. The Morgan fingerprint density at radius 3 is 2.34 bits per heavy atom. The minimum Gasteiger partial charge on any atom is -0.444 e. The van der Waals surface area contributed by atoms with Gasteiger partial charge in [-0.15, -0.1) is 0 Å². The van der Waals surface area contributed by atoms with Crippen LogP contribution in [0.5, 0.6) is 0 Å². The number of nitrogens with zero attached hydrogens (tertiary/aromatic N) is 6. The van der Waals surface area contributed by atoms with Crippen LogP contribution in [0.1, 0.15) is 58.1 Å². The zero-order valence-electron chi connectivity index (χ0n) is 23.0. The number of fused-ring (bicyclic) bond motifs is 1. The second-order valence-corrected chi connectivity index (χ2v) is 11.6. The van der Waals surface area contributed by atoms with Gasteiger partial charge in [-0.3, -0.25) is 4.90 Å². The number of piperazine rings is 1. The van der Waals surface area contributed by atoms with Gasteiger partial charge in [-0.2, -0.15) is 5.10 Å². The molecule has 0 bridgehead atoms. The predicted octanol–water partition coefficient (Wildman–Crippen LogP) is 3.83. The molecule has 1 aliphatic carbocycles. The fourth-order valence-corrected chi connectivity index (χ4v) is 5.58. The van der Waals surface area contributed by atoms with Gasteiger partial charge in [0.1, 0.15) is 23.4 Å². The molecule has 0 unspecified atom stereocenters. The maximum absolute atomic E-state index is 12.0. The standard InChI is InChI=1S/C28H40N8O2/c1-28(2,3)38-27(37)30-17-19-5-7-20(8-6-19)24-23-25(29)31-18-32-26(23)36(33-24)22-11-9-21(10-12-22)35-15-13-34(4)14-16-35/h5-8,18,21-22H,9-17H2,1-4H3,(H,30,37)(H2,29,31,32)/t21-,22-. The molecular weight excluding hydrogens is 480 g/mol. The van der Waals surface area contributed by atoms with E-state index >= 15 is 0 Å². The van der Waals surface area contributed by atoms with Crippen LogP contribution in [-0.2, 0) is 11.3 Å². The Bertz CT molecular complexity index is 1250. The number of alkyl carbamates (subject to hydrolysis) is 1. The van der Waals surface area contributed by atoms with Crippen LogP contribution in [-0.4, -0.2) is 80.5 Å². The number of anilines is 1. The Morgan fingerprint density at radius 2 is 1.68 bits per heavy atom. The summed E-state index contributed by atoms with van der Waals surface area (Å²) in [5.74, 6) is 0.443. The summed E-state index contributed by atoms with van der Waals surface area (Å²) in [6.07, 6.45) is 5.59. The molecule has 10 nitrogen and oxygen atoms in total. The Kier molecular flexibility index (Phi) is 7.54. The summed E-state index contributed by atoms with van der Waals surface area (Å²) in [6.45, 7) is 10.5. The lowest BCUT2D eigenvalue weighted by atomic mass is 9.90. The van der Waals surface area contributed by atoms with Crippen molar-refractivity contribution in [3.63, 3.8) is 0 Å². The average molecular weight is 521 g/mol. The Morgan fingerprint density at radius 1 is 1.03 bits per heavy atom. The number of aromatic nitrogens is 4. The summed E-state index contributed by atoms with van der Waals surface area (Å²) in [5.41, 5.74) is 9.33. The molecule has 1 amide bonds. The van der Waals surface area contributed by atoms with Crippen molar-refractivity contribution in [1.82, 2.24) is 34.9 Å². The number of hydrogen-bond acceptors (Lipinski definition) is 8. The molecule has 10 heteroatoms. The first-order chi connectivity index (χ1) is 18.2. The number of amides is 1. The second-order valence-electron chi connectivity index (χ2n) is 11.6. The van der Waals surface area contributed by atoms with E-state index in [1.165, 1.54) is 19.2 Å². The molecule has 2 aromatic heterocycles. The fraction of sp³-hybridized carbons (Fsp3) is 0.571. The van der Waals surface area contributed by atoms with Crippen molar-refractivity contribution in [2.24, 2.45) is 0 Å². The van der Waals surface area contributed by atoms with Gasteiger partial charge in [-0.05, 0) is 59.1 Å². The summed E-state index contributed by atoms with van der Waals surface area (Å²) in [7, 11) is 2.21. The lowest BCUT2D eigenvalue weighted by Crippen LogP contribution is -2.49. The highest BCUT2D eigenvalue weighted by Crippen LogP contribution is 2.37. The number of nitrogens with two attached hydrogens (primary N) is 1. The molecule has 3 heterocycles. The van der Waals surface area contributed by atoms with E-state index in [1.54, 1.807) is 0 Å². The summed E-state index contributed by atoms with van der Waals surface area (Å²) >= 11 is 0. The largest absolute Gasteiger partial charge is 0.444 e. The van der Waals surface area contributed by atoms with Crippen molar-refractivity contribution in [3.05, 3.63) is 36.2 Å². The summed E-state index contributed by atoms with van der Waals surface area (Å²) in [5, 5.41) is 8.66. The molecule has 1 saturated carbocycles. The number of nitrogen functional groups attached to an aromatic ring is 1. The molecule has 1 aromatic carbocycles. The van der Waals surface area contributed by atoms with Gasteiger partial charge in [0, 0.05) is 44.3 Å². The predicted molar refractivity (Wildman–Crippen MR) is 149 cm³/mol. The highest BCUT2D eigenvalue weighted by atomic mass is 16.6. The highest BCUT2D eigenvalue weighted by Gasteiger charge is 2.30. The van der Waals surface area contributed by atoms with E-state index in [1.807, 2.05) is 45.0 Å². The van der Waals surface area contributed by atoms with Gasteiger partial charge in [-0.1, -0.05) is 24.3 Å². The molecule has 3 aromatic rings. The number of carbonyl (C=O) groups is 1. The van der Waals surface area contributed by atoms with Crippen LogP contribution in [0.25, 0.3) is 22.3 Å². The molecule has 0 radical (unpaired) electrons. The summed E-state index contributed by atoms with van der Waals surface area (Å²) in [6, 6.07) is 8.94. The van der Waals surface area contributed by atoms with E-state index in [-0.39, 0.29) is 0 Å². The van der Waals surface area contributed by atoms with Crippen LogP contribution in [0.4, 0.5) is 10.6 Å². The molecule has 5 rings (SSSR count). The zero-order chi connectivity index (χ0) is 26.9. The monoisotopic (exact) mass is 520 g/mol. The molecule has 2 aliphatic rings. The van der Waals surface area contributed by atoms with Crippen LogP contribution < -0.4 is 11.1 Å². The quantitative estimate of drug-likeness (QED) is 0.522. The molecule has 204 valence electrons. The number of ether oxygens (including phenoxy) is 1. The summed E-state index contributed by atoms with van der Waals surface area (Å²) < 4.78 is 7.41. The van der Waals surface area contributed by atoms with Crippen LogP contribution in [0.3, 0.4) is 0 Å². The molecule has 38 heavy (non-hydrogen) atoms. The van der Waals surface area contributed by atoms with E-state index in [9.17, 15) is 4.79 Å². The number of likely N-dealkylation sites (N-methyl/N-ethyl adjacent to an activating group) is 1. The van der Waals surface area contributed by atoms with Gasteiger partial charge in [0.2, 0.25) is 0 Å². The lowest BCUT2D eigenvalue weighted by molar-refractivity contribution is 0.0523. The normalized spacial score (nSPS) is 21.5. The Balaban J connectivity index is 1.31. The van der Waals surface area contributed by atoms with Gasteiger partial charge in [-0.25, -0.2) is 19.4 Å². The number of benzene rings is 1. The third-order valence-electron chi connectivity index (χ3n) is 7.65. The minimum absolute atomic E-state index is 0.293. The van der Waals surface area contributed by atoms with E-state index in [0.29, 0.717) is 24.4 Å². The van der Waals surface area contributed by atoms with Crippen molar-refractivity contribution in [2.45, 2.75) is 70.7 Å². The molecule has 1 aliphatic heterocycles. The van der Waals surface area contributed by atoms with Gasteiger partial charge >= 0.3 is 6.09 Å². The Hall–Kier alpha value is -3.24. The minimum atomic E-state index is -0.528. The summed E-state index contributed by atoms with van der Waals surface area (Å²) in [4.78, 5) is 26.0. The molecule has 0 spiro atoms. The van der Waals surface area contributed by atoms with Gasteiger partial charge in [0.25, 0.3) is 0 Å². The van der Waals surface area contributed by atoms with E-state index < -0.39 is 11.7 Å². The topological polar surface area (TPSA) is 114 Å². The maximum Gasteiger partial charge on any atom is 0.407 e. The zero-order valence-corrected chi connectivity index (χ0v) is 23.0. The van der Waals surface area contributed by atoms with Crippen molar-refractivity contribution in [3.8, 4) is 11.3 Å². The van der Waals surface area contributed by atoms with E-state index in [0.717, 1.165) is 66.9 Å². The van der Waals surface area contributed by atoms with Gasteiger partial charge < -0.3 is 20.7 Å². The van der Waals surface area contributed by atoms with Crippen molar-refractivity contribution < 1.29 is 9.53 Å². The Labute approximate surface area is 224 Å². The van der Waals surface area contributed by atoms with Crippen LogP contribution in [0.2, 0.25) is 0 Å². The van der Waals surface area contributed by atoms with E-state index in [2.05, 4.69) is 36.8 Å². The number of hydrogen-bond donors (Lipinski definition) is 2. The number of nitrogens with one attached hydrogen (secondary N) is 1.